The Labute approximate surface area is 216 Å². The molecule has 4 bridgehead atoms. The highest BCUT2D eigenvalue weighted by Gasteiger charge is 2.48. The van der Waals surface area contributed by atoms with Gasteiger partial charge in [0.2, 0.25) is 11.8 Å². The van der Waals surface area contributed by atoms with Gasteiger partial charge in [0.05, 0.1) is 12.8 Å². The Balaban J connectivity index is 1.41. The SMILES string of the molecule is CC(C)COc1c(C(=O)NC2C3CC4CC(C3)CC2C4)cnn1CCC(C)(C)C(=O)NCCCCN. The number of nitrogens with one attached hydrogen (secondary N) is 2. The summed E-state index contributed by atoms with van der Waals surface area (Å²) in [6.45, 7) is 10.4. The van der Waals surface area contributed by atoms with Crippen molar-refractivity contribution in [2.24, 2.45) is 40.7 Å². The van der Waals surface area contributed by atoms with E-state index in [1.165, 1.54) is 32.1 Å². The van der Waals surface area contributed by atoms with Crippen molar-refractivity contribution in [3.8, 4) is 5.88 Å². The van der Waals surface area contributed by atoms with Gasteiger partial charge in [0, 0.05) is 24.5 Å². The van der Waals surface area contributed by atoms with Crippen molar-refractivity contribution in [1.82, 2.24) is 20.4 Å². The fourth-order valence-corrected chi connectivity index (χ4v) is 6.69. The Morgan fingerprint density at radius 3 is 2.42 bits per heavy atom. The molecule has 2 amide bonds. The van der Waals surface area contributed by atoms with E-state index in [0.29, 0.717) is 61.9 Å². The lowest BCUT2D eigenvalue weighted by atomic mass is 9.54. The molecule has 4 aliphatic rings. The third kappa shape index (κ3) is 6.24. The molecule has 0 atom stereocenters. The van der Waals surface area contributed by atoms with E-state index in [0.717, 1.165) is 24.7 Å². The number of rotatable bonds is 13. The van der Waals surface area contributed by atoms with Crippen LogP contribution >= 0.6 is 0 Å². The maximum atomic E-state index is 13.5. The standard InChI is InChI=1S/C28H47N5O3/c1-18(2)17-36-26-23(25(34)32-24-21-12-19-11-20(14-21)15-22(24)13-19)16-31-33(26)10-7-28(3,4)27(35)30-9-6-5-8-29/h16,18-22,24H,5-15,17,29H2,1-4H3,(H,30,35)(H,32,34). The van der Waals surface area contributed by atoms with E-state index in [1.807, 2.05) is 13.8 Å². The lowest BCUT2D eigenvalue weighted by Gasteiger charge is -2.54. The summed E-state index contributed by atoms with van der Waals surface area (Å²) in [6, 6.07) is 0.272. The van der Waals surface area contributed by atoms with Gasteiger partial charge < -0.3 is 21.1 Å². The van der Waals surface area contributed by atoms with Gasteiger partial charge in [-0.3, -0.25) is 9.59 Å². The Kier molecular flexibility index (Phi) is 8.63. The molecule has 8 heteroatoms. The normalized spacial score (nSPS) is 26.9. The van der Waals surface area contributed by atoms with Gasteiger partial charge in [-0.25, -0.2) is 4.68 Å². The minimum atomic E-state index is -0.563. The van der Waals surface area contributed by atoms with Gasteiger partial charge in [-0.2, -0.15) is 5.10 Å². The number of carbonyl (C=O) groups is 2. The average Bonchev–Trinajstić information content (AvgIpc) is 3.23. The molecular weight excluding hydrogens is 454 g/mol. The molecular formula is C28H47N5O3. The molecule has 0 unspecified atom stereocenters. The highest BCUT2D eigenvalue weighted by molar-refractivity contribution is 5.96. The van der Waals surface area contributed by atoms with Crippen molar-refractivity contribution in [2.75, 3.05) is 19.7 Å². The molecule has 5 rings (SSSR count). The zero-order valence-corrected chi connectivity index (χ0v) is 22.7. The van der Waals surface area contributed by atoms with Gasteiger partial charge in [-0.1, -0.05) is 27.7 Å². The number of hydrogen-bond acceptors (Lipinski definition) is 5. The lowest BCUT2D eigenvalue weighted by molar-refractivity contribution is -0.129. The molecule has 0 radical (unpaired) electrons. The summed E-state index contributed by atoms with van der Waals surface area (Å²) in [5.41, 5.74) is 5.49. The number of aryl methyl sites for hydroxylation is 1. The Bertz CT molecular complexity index is 881. The zero-order valence-electron chi connectivity index (χ0n) is 22.7. The van der Waals surface area contributed by atoms with Crippen LogP contribution < -0.4 is 21.1 Å². The first-order valence-electron chi connectivity index (χ1n) is 14.2. The molecule has 0 saturated heterocycles. The number of nitrogens with two attached hydrogens (primary N) is 1. The Hall–Kier alpha value is -2.09. The minimum Gasteiger partial charge on any atom is -0.477 e. The molecule has 4 fully saturated rings. The van der Waals surface area contributed by atoms with Crippen molar-refractivity contribution in [3.63, 3.8) is 0 Å². The third-order valence-corrected chi connectivity index (χ3v) is 8.59. The van der Waals surface area contributed by atoms with E-state index in [9.17, 15) is 9.59 Å². The maximum absolute atomic E-state index is 13.5. The van der Waals surface area contributed by atoms with Crippen molar-refractivity contribution in [2.45, 2.75) is 91.6 Å². The van der Waals surface area contributed by atoms with E-state index < -0.39 is 5.41 Å². The number of carbonyl (C=O) groups excluding carboxylic acids is 2. The van der Waals surface area contributed by atoms with E-state index in [-0.39, 0.29) is 17.9 Å². The number of aromatic nitrogens is 2. The van der Waals surface area contributed by atoms with Crippen LogP contribution in [0.3, 0.4) is 0 Å². The summed E-state index contributed by atoms with van der Waals surface area (Å²) < 4.78 is 7.90. The molecule has 1 heterocycles. The number of hydrogen-bond donors (Lipinski definition) is 3. The molecule has 4 aliphatic carbocycles. The van der Waals surface area contributed by atoms with E-state index in [2.05, 4.69) is 29.6 Å². The number of unbranched alkanes of at least 4 members (excludes halogenated alkanes) is 1. The molecule has 4 saturated carbocycles. The zero-order chi connectivity index (χ0) is 25.9. The van der Waals surface area contributed by atoms with Crippen molar-refractivity contribution < 1.29 is 14.3 Å². The summed E-state index contributed by atoms with van der Waals surface area (Å²) in [5.74, 6) is 3.76. The Morgan fingerprint density at radius 1 is 1.14 bits per heavy atom. The monoisotopic (exact) mass is 501 g/mol. The van der Waals surface area contributed by atoms with Crippen LogP contribution in [0.4, 0.5) is 0 Å². The van der Waals surface area contributed by atoms with Gasteiger partial charge in [0.15, 0.2) is 0 Å². The summed E-state index contributed by atoms with van der Waals surface area (Å²) in [7, 11) is 0. The van der Waals surface area contributed by atoms with Crippen LogP contribution in [-0.4, -0.2) is 47.3 Å². The quantitative estimate of drug-likeness (QED) is 0.357. The minimum absolute atomic E-state index is 0.0242. The molecule has 0 spiro atoms. The van der Waals surface area contributed by atoms with Gasteiger partial charge in [0.25, 0.3) is 5.91 Å². The molecule has 0 aromatic carbocycles. The summed E-state index contributed by atoms with van der Waals surface area (Å²) in [5, 5.41) is 11.0. The summed E-state index contributed by atoms with van der Waals surface area (Å²) in [6.07, 6.45) is 10.5. The first kappa shape index (κ1) is 27.0. The molecule has 4 N–H and O–H groups in total. The van der Waals surface area contributed by atoms with Crippen LogP contribution in [0.15, 0.2) is 6.20 Å². The first-order valence-corrected chi connectivity index (χ1v) is 14.2. The van der Waals surface area contributed by atoms with Gasteiger partial charge in [-0.15, -0.1) is 0 Å². The predicted molar refractivity (Wildman–Crippen MR) is 141 cm³/mol. The molecule has 36 heavy (non-hydrogen) atoms. The van der Waals surface area contributed by atoms with Crippen LogP contribution in [0.5, 0.6) is 5.88 Å². The summed E-state index contributed by atoms with van der Waals surface area (Å²) >= 11 is 0. The molecule has 0 aliphatic heterocycles. The molecule has 8 nitrogen and oxygen atoms in total. The Morgan fingerprint density at radius 2 is 1.81 bits per heavy atom. The van der Waals surface area contributed by atoms with Gasteiger partial charge in [0.1, 0.15) is 5.56 Å². The van der Waals surface area contributed by atoms with Crippen LogP contribution in [0.2, 0.25) is 0 Å². The van der Waals surface area contributed by atoms with Gasteiger partial charge in [-0.05, 0) is 87.5 Å². The van der Waals surface area contributed by atoms with Crippen LogP contribution in [0, 0.1) is 35.0 Å². The van der Waals surface area contributed by atoms with Crippen LogP contribution in [0.25, 0.3) is 0 Å². The highest BCUT2D eigenvalue weighted by atomic mass is 16.5. The second kappa shape index (κ2) is 11.5. The first-order chi connectivity index (χ1) is 17.2. The number of nitrogens with zero attached hydrogens (tertiary/aromatic N) is 2. The third-order valence-electron chi connectivity index (χ3n) is 8.59. The number of amides is 2. The van der Waals surface area contributed by atoms with E-state index >= 15 is 0 Å². The fraction of sp³-hybridized carbons (Fsp3) is 0.821. The fourth-order valence-electron chi connectivity index (χ4n) is 6.69. The smallest absolute Gasteiger partial charge is 0.258 e. The largest absolute Gasteiger partial charge is 0.477 e. The van der Waals surface area contributed by atoms with Crippen LogP contribution in [-0.2, 0) is 11.3 Å². The van der Waals surface area contributed by atoms with Crippen molar-refractivity contribution in [1.29, 1.82) is 0 Å². The van der Waals surface area contributed by atoms with Crippen LogP contribution in [0.1, 0.15) is 89.4 Å². The topological polar surface area (TPSA) is 111 Å². The maximum Gasteiger partial charge on any atom is 0.258 e. The molecule has 202 valence electrons. The number of ether oxygens (including phenoxy) is 1. The van der Waals surface area contributed by atoms with Crippen molar-refractivity contribution in [3.05, 3.63) is 11.8 Å². The lowest BCUT2D eigenvalue weighted by Crippen LogP contribution is -2.55. The predicted octanol–water partition coefficient (Wildman–Crippen LogP) is 3.74. The second-order valence-corrected chi connectivity index (χ2v) is 12.6. The van der Waals surface area contributed by atoms with Gasteiger partial charge >= 0.3 is 0 Å². The van der Waals surface area contributed by atoms with Crippen molar-refractivity contribution >= 4 is 11.8 Å². The second-order valence-electron chi connectivity index (χ2n) is 12.6. The van der Waals surface area contributed by atoms with E-state index in [4.69, 9.17) is 10.5 Å². The highest BCUT2D eigenvalue weighted by Crippen LogP contribution is 2.53. The average molecular weight is 502 g/mol. The van der Waals surface area contributed by atoms with E-state index in [1.54, 1.807) is 10.9 Å². The molecule has 1 aromatic heterocycles. The molecule has 1 aromatic rings. The summed E-state index contributed by atoms with van der Waals surface area (Å²) in [4.78, 5) is 26.2.